The first-order chi connectivity index (χ1) is 45.3. The van der Waals surface area contributed by atoms with Crippen molar-refractivity contribution in [3.63, 3.8) is 0 Å². The molecule has 3 heterocycles. The highest BCUT2D eigenvalue weighted by Crippen LogP contribution is 2.33. The fourth-order valence-electron chi connectivity index (χ4n) is 12.5. The fraction of sp³-hybridized carbons (Fsp3) is 0.878. The molecule has 3 saturated heterocycles. The van der Waals surface area contributed by atoms with E-state index >= 15 is 0 Å². The van der Waals surface area contributed by atoms with Crippen LogP contribution >= 0.6 is 0 Å². The van der Waals surface area contributed by atoms with Crippen LogP contribution in [0.15, 0.2) is 48.6 Å². The number of allylic oxidation sites excluding steroid dienone is 7. The maximum atomic E-state index is 13.3. The van der Waals surface area contributed by atoms with Gasteiger partial charge in [-0.2, -0.15) is 0 Å². The van der Waals surface area contributed by atoms with Crippen LogP contribution in [0.2, 0.25) is 0 Å². The lowest BCUT2D eigenvalue weighted by Crippen LogP contribution is -2.66. The minimum absolute atomic E-state index is 0.238. The third-order valence-corrected chi connectivity index (χ3v) is 18.6. The lowest BCUT2D eigenvalue weighted by molar-refractivity contribution is -0.379. The minimum Gasteiger partial charge on any atom is -0.394 e. The van der Waals surface area contributed by atoms with E-state index in [2.05, 4.69) is 55.6 Å². The average Bonchev–Trinajstić information content (AvgIpc) is 0.900. The van der Waals surface area contributed by atoms with Gasteiger partial charge in [-0.25, -0.2) is 0 Å². The highest BCUT2D eigenvalue weighted by atomic mass is 16.8. The van der Waals surface area contributed by atoms with Crippen LogP contribution in [-0.4, -0.2) is 193 Å². The van der Waals surface area contributed by atoms with E-state index in [-0.39, 0.29) is 18.9 Å². The summed E-state index contributed by atoms with van der Waals surface area (Å²) in [6.45, 7) is 1.65. The first kappa shape index (κ1) is 85.0. The van der Waals surface area contributed by atoms with E-state index in [4.69, 9.17) is 28.4 Å². The van der Waals surface area contributed by atoms with Crippen molar-refractivity contribution in [3.8, 4) is 0 Å². The molecule has 0 aromatic carbocycles. The molecule has 17 unspecified atom stereocenters. The van der Waals surface area contributed by atoms with Gasteiger partial charge < -0.3 is 89.9 Å². The van der Waals surface area contributed by atoms with Gasteiger partial charge in [0, 0.05) is 6.42 Å². The van der Waals surface area contributed by atoms with Crippen LogP contribution in [0.25, 0.3) is 0 Å². The Labute approximate surface area is 561 Å². The number of aliphatic hydroxyl groups is 11. The lowest BCUT2D eigenvalue weighted by atomic mass is 9.96. The maximum absolute atomic E-state index is 13.3. The van der Waals surface area contributed by atoms with Crippen molar-refractivity contribution >= 4 is 5.91 Å². The molecule has 0 radical (unpaired) electrons. The number of ether oxygens (including phenoxy) is 6. The highest BCUT2D eigenvalue weighted by Gasteiger charge is 2.53. The second-order valence-corrected chi connectivity index (χ2v) is 26.7. The molecule has 93 heavy (non-hydrogen) atoms. The Morgan fingerprint density at radius 3 is 1.16 bits per heavy atom. The summed E-state index contributed by atoms with van der Waals surface area (Å²) in [6.07, 6.45) is 41.7. The summed E-state index contributed by atoms with van der Waals surface area (Å²) >= 11 is 0. The molecular weight excluding hydrogens is 1190 g/mol. The van der Waals surface area contributed by atoms with Gasteiger partial charge in [0.05, 0.1) is 38.6 Å². The smallest absolute Gasteiger partial charge is 0.220 e. The van der Waals surface area contributed by atoms with Gasteiger partial charge in [-0.3, -0.25) is 4.79 Å². The normalized spacial score (nSPS) is 27.8. The SMILES string of the molecule is CCCCC/C=C/CC/C=C/C(O)C(COC1OC(CO)C(OC2OC(CO)C(OC3OC(CO)C(O)C(O)C3O)C(O)C2O)C(O)C1O)NC(=O)CCCCCCCCCCCCCCCCCCCCCCCCCCCCC/C=C\C/C=C\CCCCCCC. The molecule has 0 aromatic rings. The zero-order chi connectivity index (χ0) is 67.5. The summed E-state index contributed by atoms with van der Waals surface area (Å²) in [6, 6.07) is -0.987. The van der Waals surface area contributed by atoms with Crippen molar-refractivity contribution < 1.29 is 89.4 Å². The van der Waals surface area contributed by atoms with Gasteiger partial charge in [-0.15, -0.1) is 0 Å². The number of hydrogen-bond donors (Lipinski definition) is 12. The third kappa shape index (κ3) is 37.0. The van der Waals surface area contributed by atoms with Gasteiger partial charge in [-0.05, 0) is 64.2 Å². The molecule has 0 bridgehead atoms. The Morgan fingerprint density at radius 2 is 0.720 bits per heavy atom. The number of aliphatic hydroxyl groups excluding tert-OH is 11. The van der Waals surface area contributed by atoms with Crippen LogP contribution in [0.4, 0.5) is 0 Å². The molecule has 0 saturated carbocycles. The molecule has 1 amide bonds. The number of rotatable bonds is 58. The van der Waals surface area contributed by atoms with E-state index in [0.717, 1.165) is 51.4 Å². The Kier molecular flexibility index (Phi) is 50.8. The van der Waals surface area contributed by atoms with E-state index in [1.165, 1.54) is 199 Å². The molecule has 0 spiro atoms. The first-order valence-electron chi connectivity index (χ1n) is 37.4. The number of nitrogens with one attached hydrogen (secondary N) is 1. The summed E-state index contributed by atoms with van der Waals surface area (Å²) in [5, 5.41) is 120. The van der Waals surface area contributed by atoms with E-state index < -0.39 is 124 Å². The van der Waals surface area contributed by atoms with E-state index in [9.17, 15) is 61.0 Å². The van der Waals surface area contributed by atoms with Crippen LogP contribution in [0.5, 0.6) is 0 Å². The van der Waals surface area contributed by atoms with E-state index in [0.29, 0.717) is 12.8 Å². The van der Waals surface area contributed by atoms with E-state index in [1.54, 1.807) is 6.08 Å². The predicted octanol–water partition coefficient (Wildman–Crippen LogP) is 10.9. The quantitative estimate of drug-likeness (QED) is 0.0199. The monoisotopic (exact) mass is 1330 g/mol. The van der Waals surface area contributed by atoms with Crippen molar-refractivity contribution in [3.05, 3.63) is 48.6 Å². The topological polar surface area (TPSA) is 307 Å². The molecule has 544 valence electrons. The second kappa shape index (κ2) is 55.6. The summed E-state index contributed by atoms with van der Waals surface area (Å²) < 4.78 is 34.2. The standard InChI is InChI=1S/C74H135NO18/c1-3-5-7-9-11-13-14-15-16-17-18-19-20-21-22-23-24-25-26-27-28-29-30-31-32-33-34-35-36-37-38-39-40-41-42-44-46-48-50-52-62(80)75-57(58(79)51-49-47-45-43-12-10-8-6-4-2)56-88-72-68(86)65(83)70(60(54-77)90-72)93-74-69(87)66(84)71(61(55-78)91-74)92-73-67(85)64(82)63(81)59(53-76)89-73/h12,14-15,17-18,43,49,51,57-61,63-74,76-79,81-87H,3-11,13,16,19-42,44-48,50,52-56H2,1-2H3,(H,75,80)/b15-14-,18-17-,43-12+,51-49+. The third-order valence-electron chi connectivity index (χ3n) is 18.6. The van der Waals surface area contributed by atoms with Gasteiger partial charge in [0.15, 0.2) is 18.9 Å². The molecule has 3 rings (SSSR count). The van der Waals surface area contributed by atoms with Gasteiger partial charge in [0.2, 0.25) is 5.91 Å². The second-order valence-electron chi connectivity index (χ2n) is 26.7. The van der Waals surface area contributed by atoms with Crippen LogP contribution < -0.4 is 5.32 Å². The highest BCUT2D eigenvalue weighted by molar-refractivity contribution is 5.76. The van der Waals surface area contributed by atoms with Crippen LogP contribution in [0, 0.1) is 0 Å². The Balaban J connectivity index is 1.25. The maximum Gasteiger partial charge on any atom is 0.220 e. The van der Waals surface area contributed by atoms with Gasteiger partial charge in [-0.1, -0.05) is 262 Å². The average molecular weight is 1330 g/mol. The van der Waals surface area contributed by atoms with Crippen molar-refractivity contribution in [1.29, 1.82) is 0 Å². The Hall–Kier alpha value is -2.25. The zero-order valence-electron chi connectivity index (χ0n) is 57.7. The molecule has 17 atom stereocenters. The zero-order valence-corrected chi connectivity index (χ0v) is 57.7. The molecule has 3 aliphatic rings. The molecule has 12 N–H and O–H groups in total. The molecular formula is C74H135NO18. The molecule has 3 aliphatic heterocycles. The summed E-state index contributed by atoms with van der Waals surface area (Å²) in [7, 11) is 0. The van der Waals surface area contributed by atoms with Crippen molar-refractivity contribution in [2.75, 3.05) is 26.4 Å². The largest absolute Gasteiger partial charge is 0.394 e. The van der Waals surface area contributed by atoms with E-state index in [1.807, 2.05) is 6.08 Å². The van der Waals surface area contributed by atoms with Crippen molar-refractivity contribution in [1.82, 2.24) is 5.32 Å². The van der Waals surface area contributed by atoms with Gasteiger partial charge in [0.1, 0.15) is 73.2 Å². The predicted molar refractivity (Wildman–Crippen MR) is 365 cm³/mol. The summed E-state index contributed by atoms with van der Waals surface area (Å²) in [4.78, 5) is 13.3. The molecule has 19 nitrogen and oxygen atoms in total. The number of amides is 1. The number of carbonyl (C=O) groups is 1. The molecule has 0 aliphatic carbocycles. The summed E-state index contributed by atoms with van der Waals surface area (Å²) in [5.41, 5.74) is 0. The minimum atomic E-state index is -1.98. The molecule has 3 fully saturated rings. The molecule has 0 aromatic heterocycles. The first-order valence-corrected chi connectivity index (χ1v) is 37.4. The lowest BCUT2D eigenvalue weighted by Gasteiger charge is -2.48. The van der Waals surface area contributed by atoms with Crippen LogP contribution in [0.1, 0.15) is 284 Å². The number of unbranched alkanes of at least 4 members (excludes halogenated alkanes) is 36. The van der Waals surface area contributed by atoms with Gasteiger partial charge >= 0.3 is 0 Å². The summed E-state index contributed by atoms with van der Waals surface area (Å²) in [5.74, 6) is -0.285. The van der Waals surface area contributed by atoms with Crippen LogP contribution in [0.3, 0.4) is 0 Å². The Morgan fingerprint density at radius 1 is 0.387 bits per heavy atom. The van der Waals surface area contributed by atoms with Crippen molar-refractivity contribution in [2.24, 2.45) is 0 Å². The molecule has 19 heteroatoms. The number of hydrogen-bond acceptors (Lipinski definition) is 18. The number of carbonyl (C=O) groups excluding carboxylic acids is 1. The van der Waals surface area contributed by atoms with Gasteiger partial charge in [0.25, 0.3) is 0 Å². The van der Waals surface area contributed by atoms with Crippen LogP contribution in [-0.2, 0) is 33.2 Å². The Bertz CT molecular complexity index is 1870. The fourth-order valence-corrected chi connectivity index (χ4v) is 12.5. The van der Waals surface area contributed by atoms with Crippen molar-refractivity contribution in [2.45, 2.75) is 388 Å².